The Labute approximate surface area is 156 Å². The zero-order valence-corrected chi connectivity index (χ0v) is 15.8. The molecule has 0 N–H and O–H groups in total. The first kappa shape index (κ1) is 18.2. The Morgan fingerprint density at radius 3 is 2.54 bits per heavy atom. The highest BCUT2D eigenvalue weighted by Gasteiger charge is 2.07. The van der Waals surface area contributed by atoms with Gasteiger partial charge in [-0.25, -0.2) is 4.98 Å². The monoisotopic (exact) mass is 348 g/mol. The lowest BCUT2D eigenvalue weighted by Crippen LogP contribution is -1.88. The van der Waals surface area contributed by atoms with Gasteiger partial charge in [0.05, 0.1) is 0 Å². The van der Waals surface area contributed by atoms with Gasteiger partial charge in [-0.05, 0) is 61.4 Å². The number of hydrogen-bond acceptors (Lipinski definition) is 2. The van der Waals surface area contributed by atoms with E-state index in [-0.39, 0.29) is 0 Å². The normalized spacial score (nSPS) is 11.5. The molecule has 0 saturated heterocycles. The van der Waals surface area contributed by atoms with E-state index in [9.17, 15) is 0 Å². The molecule has 2 aromatic heterocycles. The maximum absolute atomic E-state index is 5.84. The average molecular weight is 348 g/mol. The van der Waals surface area contributed by atoms with E-state index in [0.717, 1.165) is 30.2 Å². The molecule has 0 amide bonds. The van der Waals surface area contributed by atoms with Gasteiger partial charge in [-0.15, -0.1) is 0 Å². The SMILES string of the molecule is CCc1ccc(CCCCC/C=C/c2ccc(-c3nccn3C)o2)cc1. The standard InChI is InChI=1S/C23H28N2O/c1-3-19-11-13-20(14-12-19)9-7-5-4-6-8-10-21-15-16-22(26-21)23-24-17-18-25(23)2/h8,10-18H,3-7,9H2,1-2H3/b10-8+. The Morgan fingerprint density at radius 1 is 1.00 bits per heavy atom. The van der Waals surface area contributed by atoms with Gasteiger partial charge >= 0.3 is 0 Å². The Kier molecular flexibility index (Phi) is 6.48. The summed E-state index contributed by atoms with van der Waals surface area (Å²) < 4.78 is 7.80. The quantitative estimate of drug-likeness (QED) is 0.440. The lowest BCUT2D eigenvalue weighted by Gasteiger charge is -2.02. The van der Waals surface area contributed by atoms with Crippen molar-refractivity contribution < 1.29 is 4.42 Å². The molecule has 3 aromatic rings. The molecule has 0 bridgehead atoms. The van der Waals surface area contributed by atoms with Crippen molar-refractivity contribution in [2.24, 2.45) is 7.05 Å². The third-order valence-corrected chi connectivity index (χ3v) is 4.72. The Bertz CT molecular complexity index is 824. The molecule has 0 aliphatic carbocycles. The second kappa shape index (κ2) is 9.23. The van der Waals surface area contributed by atoms with Gasteiger partial charge in [0.15, 0.2) is 11.6 Å². The van der Waals surface area contributed by atoms with E-state index in [2.05, 4.69) is 48.3 Å². The molecular weight excluding hydrogens is 320 g/mol. The summed E-state index contributed by atoms with van der Waals surface area (Å²) >= 11 is 0. The van der Waals surface area contributed by atoms with E-state index in [1.807, 2.05) is 29.9 Å². The van der Waals surface area contributed by atoms with Crippen molar-refractivity contribution in [3.8, 4) is 11.6 Å². The van der Waals surface area contributed by atoms with Gasteiger partial charge in [0.2, 0.25) is 0 Å². The number of allylic oxidation sites excluding steroid dienone is 1. The number of hydrogen-bond donors (Lipinski definition) is 0. The molecular formula is C23H28N2O. The Hall–Kier alpha value is -2.55. The smallest absolute Gasteiger partial charge is 0.175 e. The molecule has 0 fully saturated rings. The summed E-state index contributed by atoms with van der Waals surface area (Å²) in [7, 11) is 1.97. The maximum atomic E-state index is 5.84. The maximum Gasteiger partial charge on any atom is 0.175 e. The van der Waals surface area contributed by atoms with Crippen LogP contribution in [0.4, 0.5) is 0 Å². The first-order valence-corrected chi connectivity index (χ1v) is 9.58. The van der Waals surface area contributed by atoms with E-state index >= 15 is 0 Å². The average Bonchev–Trinajstić information content (AvgIpc) is 3.30. The number of benzene rings is 1. The molecule has 0 aliphatic heterocycles. The van der Waals surface area contributed by atoms with Crippen molar-refractivity contribution in [1.29, 1.82) is 0 Å². The molecule has 0 aliphatic rings. The fraction of sp³-hybridized carbons (Fsp3) is 0.348. The van der Waals surface area contributed by atoms with Crippen molar-refractivity contribution in [2.45, 2.75) is 45.4 Å². The zero-order chi connectivity index (χ0) is 18.2. The predicted octanol–water partition coefficient (Wildman–Crippen LogP) is 6.06. The van der Waals surface area contributed by atoms with Crippen LogP contribution in [0.1, 0.15) is 49.5 Å². The second-order valence-electron chi connectivity index (χ2n) is 6.74. The summed E-state index contributed by atoms with van der Waals surface area (Å²) in [4.78, 5) is 4.31. The van der Waals surface area contributed by atoms with Gasteiger partial charge in [0.1, 0.15) is 5.76 Å². The summed E-state index contributed by atoms with van der Waals surface area (Å²) in [5.74, 6) is 2.56. The predicted molar refractivity (Wildman–Crippen MR) is 108 cm³/mol. The van der Waals surface area contributed by atoms with Crippen LogP contribution in [-0.2, 0) is 19.9 Å². The van der Waals surface area contributed by atoms with Gasteiger partial charge < -0.3 is 8.98 Å². The molecule has 0 spiro atoms. The summed E-state index contributed by atoms with van der Waals surface area (Å²) in [6.45, 7) is 2.20. The topological polar surface area (TPSA) is 31.0 Å². The van der Waals surface area contributed by atoms with Gasteiger partial charge in [-0.2, -0.15) is 0 Å². The van der Waals surface area contributed by atoms with Crippen LogP contribution in [0.25, 0.3) is 17.7 Å². The minimum absolute atomic E-state index is 0.811. The van der Waals surface area contributed by atoms with Gasteiger partial charge in [-0.1, -0.05) is 43.7 Å². The summed E-state index contributed by atoms with van der Waals surface area (Å²) in [6.07, 6.45) is 15.1. The lowest BCUT2D eigenvalue weighted by atomic mass is 10.0. The van der Waals surface area contributed by atoms with E-state index in [1.165, 1.54) is 36.8 Å². The Morgan fingerprint density at radius 2 is 1.81 bits per heavy atom. The van der Waals surface area contributed by atoms with E-state index < -0.39 is 0 Å². The zero-order valence-electron chi connectivity index (χ0n) is 15.8. The van der Waals surface area contributed by atoms with Crippen LogP contribution in [0.5, 0.6) is 0 Å². The summed E-state index contributed by atoms with van der Waals surface area (Å²) in [5, 5.41) is 0. The van der Waals surface area contributed by atoms with Gasteiger partial charge in [0, 0.05) is 19.4 Å². The molecule has 136 valence electrons. The van der Waals surface area contributed by atoms with Crippen LogP contribution in [-0.4, -0.2) is 9.55 Å². The number of aryl methyl sites for hydroxylation is 3. The molecule has 2 heterocycles. The number of furan rings is 1. The summed E-state index contributed by atoms with van der Waals surface area (Å²) in [5.41, 5.74) is 2.87. The van der Waals surface area contributed by atoms with Crippen molar-refractivity contribution in [2.75, 3.05) is 0 Å². The molecule has 3 nitrogen and oxygen atoms in total. The van der Waals surface area contributed by atoms with Gasteiger partial charge in [-0.3, -0.25) is 0 Å². The number of aromatic nitrogens is 2. The number of unbranched alkanes of at least 4 members (excludes halogenated alkanes) is 3. The fourth-order valence-corrected chi connectivity index (χ4v) is 3.07. The molecule has 0 atom stereocenters. The van der Waals surface area contributed by atoms with E-state index in [0.29, 0.717) is 0 Å². The molecule has 3 rings (SSSR count). The Balaban J connectivity index is 1.36. The van der Waals surface area contributed by atoms with Crippen LogP contribution in [0.3, 0.4) is 0 Å². The molecule has 26 heavy (non-hydrogen) atoms. The van der Waals surface area contributed by atoms with Crippen molar-refractivity contribution in [1.82, 2.24) is 9.55 Å². The van der Waals surface area contributed by atoms with E-state index in [1.54, 1.807) is 6.20 Å². The minimum Gasteiger partial charge on any atom is -0.453 e. The minimum atomic E-state index is 0.811. The van der Waals surface area contributed by atoms with E-state index in [4.69, 9.17) is 4.42 Å². The van der Waals surface area contributed by atoms with Crippen LogP contribution in [0, 0.1) is 0 Å². The van der Waals surface area contributed by atoms with Crippen LogP contribution >= 0.6 is 0 Å². The van der Waals surface area contributed by atoms with Crippen molar-refractivity contribution in [3.05, 3.63) is 71.8 Å². The highest BCUT2D eigenvalue weighted by atomic mass is 16.3. The largest absolute Gasteiger partial charge is 0.453 e. The first-order valence-electron chi connectivity index (χ1n) is 9.58. The highest BCUT2D eigenvalue weighted by Crippen LogP contribution is 2.21. The van der Waals surface area contributed by atoms with Crippen LogP contribution < -0.4 is 0 Å². The first-order chi connectivity index (χ1) is 12.8. The molecule has 3 heteroatoms. The lowest BCUT2D eigenvalue weighted by molar-refractivity contribution is 0.563. The van der Waals surface area contributed by atoms with Crippen molar-refractivity contribution >= 4 is 6.08 Å². The number of rotatable bonds is 9. The molecule has 1 aromatic carbocycles. The second-order valence-corrected chi connectivity index (χ2v) is 6.74. The highest BCUT2D eigenvalue weighted by molar-refractivity contribution is 5.53. The molecule has 0 saturated carbocycles. The third-order valence-electron chi connectivity index (χ3n) is 4.72. The summed E-state index contributed by atoms with van der Waals surface area (Å²) in [6, 6.07) is 13.0. The number of nitrogens with zero attached hydrogens (tertiary/aromatic N) is 2. The number of imidazole rings is 1. The third kappa shape index (κ3) is 4.98. The molecule has 0 unspecified atom stereocenters. The van der Waals surface area contributed by atoms with Crippen LogP contribution in [0.15, 0.2) is 59.3 Å². The molecule has 0 radical (unpaired) electrons. The fourth-order valence-electron chi connectivity index (χ4n) is 3.07. The van der Waals surface area contributed by atoms with Crippen molar-refractivity contribution in [3.63, 3.8) is 0 Å². The van der Waals surface area contributed by atoms with Gasteiger partial charge in [0.25, 0.3) is 0 Å². The van der Waals surface area contributed by atoms with Crippen LogP contribution in [0.2, 0.25) is 0 Å².